The molecular formula is C24H34N2O3. The summed E-state index contributed by atoms with van der Waals surface area (Å²) in [5.74, 6) is 0. The van der Waals surface area contributed by atoms with Crippen LogP contribution in [0.2, 0.25) is 0 Å². The summed E-state index contributed by atoms with van der Waals surface area (Å²) in [7, 11) is 0. The average molecular weight is 399 g/mol. The highest BCUT2D eigenvalue weighted by Crippen LogP contribution is 2.24. The zero-order chi connectivity index (χ0) is 21.2. The summed E-state index contributed by atoms with van der Waals surface area (Å²) in [6.07, 6.45) is 0.688. The molecule has 1 aliphatic rings. The Balaban J connectivity index is 1.54. The van der Waals surface area contributed by atoms with E-state index >= 15 is 0 Å². The van der Waals surface area contributed by atoms with E-state index in [0.29, 0.717) is 13.1 Å². The second kappa shape index (κ2) is 8.33. The topological polar surface area (TPSA) is 61.8 Å². The Morgan fingerprint density at radius 3 is 2.48 bits per heavy atom. The Labute approximate surface area is 174 Å². The van der Waals surface area contributed by atoms with E-state index in [1.807, 2.05) is 20.8 Å². The Bertz CT molecular complexity index is 857. The molecule has 0 radical (unpaired) electrons. The lowest BCUT2D eigenvalue weighted by atomic mass is 9.92. The third-order valence-corrected chi connectivity index (χ3v) is 5.39. The molecule has 3 rings (SSSR count). The Hall–Kier alpha value is -2.11. The van der Waals surface area contributed by atoms with Gasteiger partial charge in [-0.2, -0.15) is 0 Å². The van der Waals surface area contributed by atoms with Crippen molar-refractivity contribution in [3.63, 3.8) is 0 Å². The van der Waals surface area contributed by atoms with Crippen molar-refractivity contribution in [3.05, 3.63) is 48.0 Å². The second-order valence-electron chi connectivity index (χ2n) is 9.72. The molecule has 0 bridgehead atoms. The molecule has 2 aromatic rings. The summed E-state index contributed by atoms with van der Waals surface area (Å²) in [5.41, 5.74) is 0.557. The third-order valence-electron chi connectivity index (χ3n) is 5.39. The molecule has 2 atom stereocenters. The van der Waals surface area contributed by atoms with Crippen molar-refractivity contribution in [2.75, 3.05) is 13.1 Å². The summed E-state index contributed by atoms with van der Waals surface area (Å²) in [5, 5.41) is 16.6. The highest BCUT2D eigenvalue weighted by Gasteiger charge is 2.39. The van der Waals surface area contributed by atoms with Crippen molar-refractivity contribution in [1.29, 1.82) is 0 Å². The molecule has 0 aromatic heterocycles. The van der Waals surface area contributed by atoms with E-state index in [4.69, 9.17) is 4.74 Å². The molecule has 1 fully saturated rings. The maximum Gasteiger partial charge on any atom is 0.410 e. The van der Waals surface area contributed by atoms with E-state index in [2.05, 4.69) is 61.6 Å². The quantitative estimate of drug-likeness (QED) is 0.768. The summed E-state index contributed by atoms with van der Waals surface area (Å²) in [4.78, 5) is 13.9. The zero-order valence-electron chi connectivity index (χ0n) is 18.2. The number of aliphatic hydroxyl groups excluding tert-OH is 1. The minimum absolute atomic E-state index is 0.177. The molecule has 2 aromatic carbocycles. The number of likely N-dealkylation sites (tertiary alicyclic amines) is 1. The van der Waals surface area contributed by atoms with Crippen LogP contribution in [0.3, 0.4) is 0 Å². The van der Waals surface area contributed by atoms with Gasteiger partial charge in [0.2, 0.25) is 0 Å². The van der Waals surface area contributed by atoms with Crippen LogP contribution in [0, 0.1) is 0 Å². The van der Waals surface area contributed by atoms with Gasteiger partial charge in [0, 0.05) is 18.6 Å². The highest BCUT2D eigenvalue weighted by atomic mass is 16.6. The van der Waals surface area contributed by atoms with Crippen LogP contribution in [-0.4, -0.2) is 52.5 Å². The first-order chi connectivity index (χ1) is 13.5. The summed E-state index contributed by atoms with van der Waals surface area (Å²) >= 11 is 0. The van der Waals surface area contributed by atoms with Gasteiger partial charge in [-0.3, -0.25) is 0 Å². The Kier molecular flexibility index (Phi) is 6.20. The molecule has 1 saturated heterocycles. The fourth-order valence-electron chi connectivity index (χ4n) is 3.79. The summed E-state index contributed by atoms with van der Waals surface area (Å²) in [6, 6.07) is 14.7. The van der Waals surface area contributed by atoms with Gasteiger partial charge in [0.1, 0.15) is 5.60 Å². The number of hydrogen-bond acceptors (Lipinski definition) is 4. The number of aliphatic hydroxyl groups is 1. The lowest BCUT2D eigenvalue weighted by Crippen LogP contribution is -2.60. The molecule has 1 aliphatic heterocycles. The van der Waals surface area contributed by atoms with Crippen LogP contribution >= 0.6 is 0 Å². The van der Waals surface area contributed by atoms with Gasteiger partial charge in [0.15, 0.2) is 0 Å². The van der Waals surface area contributed by atoms with Crippen LogP contribution in [0.1, 0.15) is 46.6 Å². The first-order valence-electron chi connectivity index (χ1n) is 10.4. The molecule has 0 aliphatic carbocycles. The number of benzene rings is 2. The smallest absolute Gasteiger partial charge is 0.410 e. The van der Waals surface area contributed by atoms with Crippen molar-refractivity contribution in [2.45, 2.75) is 70.7 Å². The van der Waals surface area contributed by atoms with Gasteiger partial charge >= 0.3 is 6.09 Å². The Morgan fingerprint density at radius 2 is 1.86 bits per heavy atom. The van der Waals surface area contributed by atoms with Gasteiger partial charge in [-0.05, 0) is 63.8 Å². The molecule has 1 heterocycles. The van der Waals surface area contributed by atoms with Gasteiger partial charge in [0.25, 0.3) is 0 Å². The number of fused-ring (bicyclic) bond motifs is 1. The van der Waals surface area contributed by atoms with Crippen LogP contribution < -0.4 is 5.32 Å². The fraction of sp³-hybridized carbons (Fsp3) is 0.542. The van der Waals surface area contributed by atoms with Crippen molar-refractivity contribution in [3.8, 4) is 0 Å². The summed E-state index contributed by atoms with van der Waals surface area (Å²) < 4.78 is 5.44. The van der Waals surface area contributed by atoms with E-state index in [1.54, 1.807) is 4.90 Å². The van der Waals surface area contributed by atoms with E-state index in [0.717, 1.165) is 12.8 Å². The standard InChI is InChI=1S/C24H34N2O3/c1-23(2,3)29-22(28)26-13-12-20(26)21(27)16-25-24(4,5)15-17-10-11-18-8-6-7-9-19(18)14-17/h6-11,14,20-21,25,27H,12-13,15-16H2,1-5H3/t20-,21+/m0/s1. The minimum Gasteiger partial charge on any atom is -0.444 e. The van der Waals surface area contributed by atoms with Crippen LogP contribution in [0.25, 0.3) is 10.8 Å². The first-order valence-corrected chi connectivity index (χ1v) is 10.4. The van der Waals surface area contributed by atoms with Crippen LogP contribution in [0.5, 0.6) is 0 Å². The van der Waals surface area contributed by atoms with Crippen LogP contribution in [0.15, 0.2) is 42.5 Å². The lowest BCUT2D eigenvalue weighted by Gasteiger charge is -2.44. The molecule has 158 valence electrons. The van der Waals surface area contributed by atoms with Gasteiger partial charge in [-0.15, -0.1) is 0 Å². The molecule has 0 saturated carbocycles. The number of nitrogens with one attached hydrogen (secondary N) is 1. The monoisotopic (exact) mass is 398 g/mol. The first kappa shape index (κ1) is 21.6. The van der Waals surface area contributed by atoms with Crippen molar-refractivity contribution in [1.82, 2.24) is 10.2 Å². The predicted molar refractivity (Wildman–Crippen MR) is 117 cm³/mol. The summed E-state index contributed by atoms with van der Waals surface area (Å²) in [6.45, 7) is 10.9. The highest BCUT2D eigenvalue weighted by molar-refractivity contribution is 5.83. The van der Waals surface area contributed by atoms with Crippen LogP contribution in [-0.2, 0) is 11.2 Å². The largest absolute Gasteiger partial charge is 0.444 e. The molecule has 5 heteroatoms. The molecular weight excluding hydrogens is 364 g/mol. The molecule has 5 nitrogen and oxygen atoms in total. The number of nitrogens with zero attached hydrogens (tertiary/aromatic N) is 1. The average Bonchev–Trinajstić information content (AvgIpc) is 2.57. The normalized spacial score (nSPS) is 18.4. The number of carbonyl (C=O) groups excluding carboxylic acids is 1. The van der Waals surface area contributed by atoms with E-state index in [9.17, 15) is 9.90 Å². The van der Waals surface area contributed by atoms with Gasteiger partial charge in [-0.25, -0.2) is 4.79 Å². The number of β-amino-alcohol motifs (C(OH)–C–C–N with tert-alkyl or cyclic N) is 1. The van der Waals surface area contributed by atoms with Crippen molar-refractivity contribution in [2.24, 2.45) is 0 Å². The van der Waals surface area contributed by atoms with Gasteiger partial charge in [0.05, 0.1) is 12.1 Å². The van der Waals surface area contributed by atoms with Crippen molar-refractivity contribution < 1.29 is 14.6 Å². The van der Waals surface area contributed by atoms with E-state index in [-0.39, 0.29) is 17.7 Å². The second-order valence-corrected chi connectivity index (χ2v) is 9.72. The number of hydrogen-bond donors (Lipinski definition) is 2. The Morgan fingerprint density at radius 1 is 1.17 bits per heavy atom. The maximum atomic E-state index is 12.3. The van der Waals surface area contributed by atoms with Crippen molar-refractivity contribution >= 4 is 16.9 Å². The fourth-order valence-corrected chi connectivity index (χ4v) is 3.79. The third kappa shape index (κ3) is 5.71. The van der Waals surface area contributed by atoms with E-state index < -0.39 is 11.7 Å². The molecule has 2 N–H and O–H groups in total. The predicted octanol–water partition coefficient (Wildman–Crippen LogP) is 4.12. The van der Waals surface area contributed by atoms with Crippen LogP contribution in [0.4, 0.5) is 4.79 Å². The molecule has 1 amide bonds. The maximum absolute atomic E-state index is 12.3. The molecule has 29 heavy (non-hydrogen) atoms. The van der Waals surface area contributed by atoms with Gasteiger partial charge in [-0.1, -0.05) is 42.5 Å². The SMILES string of the molecule is CC(C)(Cc1ccc2ccccc2c1)NC[C@@H](O)[C@@H]1CCN1C(=O)OC(C)(C)C. The van der Waals surface area contributed by atoms with E-state index in [1.165, 1.54) is 16.3 Å². The number of carbonyl (C=O) groups is 1. The number of rotatable bonds is 6. The molecule has 0 unspecified atom stereocenters. The lowest BCUT2D eigenvalue weighted by molar-refractivity contribution is -0.0405. The minimum atomic E-state index is -0.618. The number of ether oxygens (including phenoxy) is 1. The molecule has 0 spiro atoms. The van der Waals surface area contributed by atoms with Gasteiger partial charge < -0.3 is 20.1 Å². The zero-order valence-corrected chi connectivity index (χ0v) is 18.2. The number of amides is 1.